The Hall–Kier alpha value is -1.59. The third-order valence-corrected chi connectivity index (χ3v) is 2.50. The number of aromatic amines is 1. The highest BCUT2D eigenvalue weighted by molar-refractivity contribution is 5.76. The van der Waals surface area contributed by atoms with Crippen LogP contribution >= 0.6 is 0 Å². The summed E-state index contributed by atoms with van der Waals surface area (Å²) in [6, 6.07) is 5.34. The second-order valence-electron chi connectivity index (χ2n) is 3.62. The minimum atomic E-state index is -0.261. The van der Waals surface area contributed by atoms with Gasteiger partial charge in [0.1, 0.15) is 11.6 Å². The molecule has 0 radical (unpaired) electrons. The normalized spacial score (nSPS) is 12.9. The van der Waals surface area contributed by atoms with Gasteiger partial charge in [-0.05, 0) is 18.6 Å². The fourth-order valence-electron chi connectivity index (χ4n) is 1.59. The molecular weight excluding hydrogens is 206 g/mol. The van der Waals surface area contributed by atoms with E-state index in [1.807, 2.05) is 18.2 Å². The number of fused-ring (bicyclic) bond motifs is 1. The number of rotatable bonds is 4. The highest BCUT2D eigenvalue weighted by atomic mass is 16.5. The lowest BCUT2D eigenvalue weighted by Crippen LogP contribution is -2.13. The highest BCUT2D eigenvalue weighted by Gasteiger charge is 2.10. The molecule has 0 saturated carbocycles. The summed E-state index contributed by atoms with van der Waals surface area (Å²) in [5, 5.41) is 8.81. The summed E-state index contributed by atoms with van der Waals surface area (Å²) in [4.78, 5) is 7.49. The quantitative estimate of drug-likeness (QED) is 0.717. The second kappa shape index (κ2) is 4.51. The summed E-state index contributed by atoms with van der Waals surface area (Å²) in [5.74, 6) is 1.47. The van der Waals surface area contributed by atoms with Gasteiger partial charge in [-0.2, -0.15) is 0 Å². The number of nitrogens with one attached hydrogen (secondary N) is 1. The molecule has 1 aromatic heterocycles. The van der Waals surface area contributed by atoms with Crippen molar-refractivity contribution in [3.05, 3.63) is 24.0 Å². The van der Waals surface area contributed by atoms with Crippen molar-refractivity contribution in [3.8, 4) is 5.75 Å². The number of imidazole rings is 1. The molecule has 2 rings (SSSR count). The molecule has 0 aliphatic carbocycles. The zero-order chi connectivity index (χ0) is 11.5. The van der Waals surface area contributed by atoms with Crippen molar-refractivity contribution < 1.29 is 9.84 Å². The molecule has 16 heavy (non-hydrogen) atoms. The lowest BCUT2D eigenvalue weighted by Gasteiger charge is -2.04. The van der Waals surface area contributed by atoms with Crippen molar-refractivity contribution in [2.45, 2.75) is 12.5 Å². The van der Waals surface area contributed by atoms with Crippen molar-refractivity contribution in [3.63, 3.8) is 0 Å². The van der Waals surface area contributed by atoms with E-state index in [2.05, 4.69) is 9.97 Å². The first-order valence-corrected chi connectivity index (χ1v) is 5.14. The van der Waals surface area contributed by atoms with Crippen molar-refractivity contribution in [1.29, 1.82) is 0 Å². The molecule has 2 aromatic rings. The Balaban J connectivity index is 2.35. The largest absolute Gasteiger partial charge is 0.497 e. The van der Waals surface area contributed by atoms with Gasteiger partial charge in [-0.3, -0.25) is 0 Å². The average Bonchev–Trinajstić information content (AvgIpc) is 2.71. The molecule has 5 nitrogen and oxygen atoms in total. The van der Waals surface area contributed by atoms with Crippen molar-refractivity contribution in [2.24, 2.45) is 5.73 Å². The van der Waals surface area contributed by atoms with Gasteiger partial charge in [-0.1, -0.05) is 0 Å². The molecular formula is C11H15N3O2. The molecule has 0 fully saturated rings. The summed E-state index contributed by atoms with van der Waals surface area (Å²) in [6.45, 7) is 0.0571. The van der Waals surface area contributed by atoms with Gasteiger partial charge in [-0.15, -0.1) is 0 Å². The maximum atomic E-state index is 8.81. The molecule has 1 atom stereocenters. The van der Waals surface area contributed by atoms with Crippen molar-refractivity contribution >= 4 is 11.0 Å². The lowest BCUT2D eigenvalue weighted by atomic mass is 10.2. The Kier molecular flexibility index (Phi) is 3.07. The van der Waals surface area contributed by atoms with Crippen LogP contribution in [0, 0.1) is 0 Å². The van der Waals surface area contributed by atoms with Gasteiger partial charge in [0, 0.05) is 12.7 Å². The van der Waals surface area contributed by atoms with Crippen LogP contribution in [-0.4, -0.2) is 28.8 Å². The highest BCUT2D eigenvalue weighted by Crippen LogP contribution is 2.21. The molecule has 5 heteroatoms. The summed E-state index contributed by atoms with van der Waals surface area (Å²) < 4.78 is 5.12. The Morgan fingerprint density at radius 2 is 2.38 bits per heavy atom. The van der Waals surface area contributed by atoms with E-state index in [1.54, 1.807) is 7.11 Å². The predicted molar refractivity (Wildman–Crippen MR) is 61.3 cm³/mol. The van der Waals surface area contributed by atoms with Crippen LogP contribution in [0.4, 0.5) is 0 Å². The maximum absolute atomic E-state index is 8.81. The van der Waals surface area contributed by atoms with Crippen LogP contribution in [0.5, 0.6) is 5.75 Å². The summed E-state index contributed by atoms with van der Waals surface area (Å²) in [5.41, 5.74) is 7.60. The fraction of sp³-hybridized carbons (Fsp3) is 0.364. The van der Waals surface area contributed by atoms with Crippen LogP contribution in [0.2, 0.25) is 0 Å². The third kappa shape index (κ3) is 2.00. The van der Waals surface area contributed by atoms with E-state index in [0.29, 0.717) is 12.2 Å². The number of H-pyrrole nitrogens is 1. The topological polar surface area (TPSA) is 84.2 Å². The summed E-state index contributed by atoms with van der Waals surface area (Å²) in [6.07, 6.45) is 0.497. The van der Waals surface area contributed by atoms with Gasteiger partial charge in [-0.25, -0.2) is 4.98 Å². The molecule has 0 amide bonds. The van der Waals surface area contributed by atoms with Crippen LogP contribution in [0.3, 0.4) is 0 Å². The van der Waals surface area contributed by atoms with Crippen LogP contribution in [0.15, 0.2) is 18.2 Å². The van der Waals surface area contributed by atoms with E-state index < -0.39 is 0 Å². The van der Waals surface area contributed by atoms with Gasteiger partial charge in [0.05, 0.1) is 24.2 Å². The van der Waals surface area contributed by atoms with Gasteiger partial charge < -0.3 is 20.6 Å². The Morgan fingerprint density at radius 3 is 3.06 bits per heavy atom. The van der Waals surface area contributed by atoms with Gasteiger partial charge in [0.25, 0.3) is 0 Å². The average molecular weight is 221 g/mol. The van der Waals surface area contributed by atoms with Crippen LogP contribution in [0.25, 0.3) is 11.0 Å². The Bertz CT molecular complexity index is 481. The minimum absolute atomic E-state index is 0.0571. The van der Waals surface area contributed by atoms with E-state index in [1.165, 1.54) is 0 Å². The molecule has 0 aliphatic rings. The van der Waals surface area contributed by atoms with E-state index in [9.17, 15) is 0 Å². The van der Waals surface area contributed by atoms with Crippen LogP contribution in [-0.2, 0) is 0 Å². The van der Waals surface area contributed by atoms with E-state index >= 15 is 0 Å². The zero-order valence-electron chi connectivity index (χ0n) is 9.10. The number of aromatic nitrogens is 2. The van der Waals surface area contributed by atoms with E-state index in [0.717, 1.165) is 16.8 Å². The van der Waals surface area contributed by atoms with E-state index in [-0.39, 0.29) is 12.6 Å². The smallest absolute Gasteiger partial charge is 0.124 e. The molecule has 4 N–H and O–H groups in total. The Labute approximate surface area is 93.2 Å². The summed E-state index contributed by atoms with van der Waals surface area (Å²) in [7, 11) is 1.62. The van der Waals surface area contributed by atoms with Gasteiger partial charge >= 0.3 is 0 Å². The monoisotopic (exact) mass is 221 g/mol. The van der Waals surface area contributed by atoms with Crippen LogP contribution in [0.1, 0.15) is 18.3 Å². The first-order chi connectivity index (χ1) is 7.74. The number of nitrogens with zero attached hydrogens (tertiary/aromatic N) is 1. The maximum Gasteiger partial charge on any atom is 0.124 e. The minimum Gasteiger partial charge on any atom is -0.497 e. The number of methoxy groups -OCH3 is 1. The Morgan fingerprint density at radius 1 is 1.56 bits per heavy atom. The molecule has 1 aromatic carbocycles. The number of ether oxygens (including phenoxy) is 1. The zero-order valence-corrected chi connectivity index (χ0v) is 9.10. The van der Waals surface area contributed by atoms with Crippen molar-refractivity contribution in [2.75, 3.05) is 13.7 Å². The molecule has 0 spiro atoms. The van der Waals surface area contributed by atoms with E-state index in [4.69, 9.17) is 15.6 Å². The third-order valence-electron chi connectivity index (χ3n) is 2.50. The SMILES string of the molecule is COc1ccc2nc(C(N)CCO)[nH]c2c1. The number of hydrogen-bond donors (Lipinski definition) is 3. The standard InChI is InChI=1S/C11H15N3O2/c1-16-7-2-3-9-10(6-7)14-11(13-9)8(12)4-5-15/h2-3,6,8,15H,4-5,12H2,1H3,(H,13,14). The van der Waals surface area contributed by atoms with Gasteiger partial charge in [0.2, 0.25) is 0 Å². The molecule has 1 unspecified atom stereocenters. The number of nitrogens with two attached hydrogens (primary N) is 1. The molecule has 0 saturated heterocycles. The molecule has 86 valence electrons. The first-order valence-electron chi connectivity index (χ1n) is 5.14. The molecule has 0 aliphatic heterocycles. The number of hydrogen-bond acceptors (Lipinski definition) is 4. The fourth-order valence-corrected chi connectivity index (χ4v) is 1.59. The van der Waals surface area contributed by atoms with Crippen LogP contribution < -0.4 is 10.5 Å². The number of aliphatic hydroxyl groups excluding tert-OH is 1. The number of aliphatic hydroxyl groups is 1. The molecule has 0 bridgehead atoms. The van der Waals surface area contributed by atoms with Gasteiger partial charge in [0.15, 0.2) is 0 Å². The van der Waals surface area contributed by atoms with Crippen molar-refractivity contribution in [1.82, 2.24) is 9.97 Å². The molecule has 1 heterocycles. The first kappa shape index (κ1) is 10.9. The number of benzene rings is 1. The second-order valence-corrected chi connectivity index (χ2v) is 3.62. The predicted octanol–water partition coefficient (Wildman–Crippen LogP) is 0.954. The lowest BCUT2D eigenvalue weighted by molar-refractivity contribution is 0.275. The summed E-state index contributed by atoms with van der Waals surface area (Å²) >= 11 is 0.